The van der Waals surface area contributed by atoms with Crippen LogP contribution in [0.1, 0.15) is 29.6 Å². The molecule has 22 heavy (non-hydrogen) atoms. The van der Waals surface area contributed by atoms with Gasteiger partial charge >= 0.3 is 5.97 Å². The Balaban J connectivity index is 2.03. The van der Waals surface area contributed by atoms with Crippen LogP contribution in [0, 0.1) is 5.82 Å². The lowest BCUT2D eigenvalue weighted by molar-refractivity contribution is -0.139. The third kappa shape index (κ3) is 4.03. The lowest BCUT2D eigenvalue weighted by Gasteiger charge is -2.34. The van der Waals surface area contributed by atoms with E-state index in [0.29, 0.717) is 13.1 Å². The summed E-state index contributed by atoms with van der Waals surface area (Å²) < 4.78 is 12.9. The number of hydrogen-bond donors (Lipinski definition) is 2. The van der Waals surface area contributed by atoms with E-state index in [4.69, 9.17) is 5.11 Å². The van der Waals surface area contributed by atoms with Crippen LogP contribution in [0.15, 0.2) is 24.3 Å². The third-order valence-corrected chi connectivity index (χ3v) is 3.52. The highest BCUT2D eigenvalue weighted by atomic mass is 19.1. The summed E-state index contributed by atoms with van der Waals surface area (Å²) in [7, 11) is 0. The van der Waals surface area contributed by atoms with Crippen LogP contribution in [-0.4, -0.2) is 46.9 Å². The fraction of sp³-hybridized carbons (Fsp3) is 0.400. The van der Waals surface area contributed by atoms with Crippen LogP contribution >= 0.6 is 0 Å². The van der Waals surface area contributed by atoms with E-state index in [0.717, 1.165) is 18.6 Å². The molecule has 0 spiro atoms. The van der Waals surface area contributed by atoms with Gasteiger partial charge in [0.2, 0.25) is 5.91 Å². The van der Waals surface area contributed by atoms with Crippen molar-refractivity contribution in [1.82, 2.24) is 10.2 Å². The lowest BCUT2D eigenvalue weighted by Crippen LogP contribution is -2.53. The largest absolute Gasteiger partial charge is 0.481 e. The number of hydrogen-bond acceptors (Lipinski definition) is 3. The Bertz CT molecular complexity index is 569. The predicted molar refractivity (Wildman–Crippen MR) is 75.7 cm³/mol. The monoisotopic (exact) mass is 308 g/mol. The molecule has 1 heterocycles. The van der Waals surface area contributed by atoms with Gasteiger partial charge in [0.05, 0.1) is 0 Å². The Morgan fingerprint density at radius 1 is 1.23 bits per heavy atom. The van der Waals surface area contributed by atoms with Crippen molar-refractivity contribution in [2.24, 2.45) is 0 Å². The molecule has 0 unspecified atom stereocenters. The summed E-state index contributed by atoms with van der Waals surface area (Å²) in [5.41, 5.74) is 0.220. The van der Waals surface area contributed by atoms with E-state index in [1.165, 1.54) is 12.1 Å². The number of aliphatic carboxylic acids is 1. The number of nitrogens with one attached hydrogen (secondary N) is 1. The number of carbonyl (C=O) groups is 3. The van der Waals surface area contributed by atoms with Crippen molar-refractivity contribution in [2.45, 2.75) is 25.3 Å². The first kappa shape index (κ1) is 15.9. The van der Waals surface area contributed by atoms with Crippen LogP contribution < -0.4 is 5.32 Å². The lowest BCUT2D eigenvalue weighted by atomic mass is 10.1. The predicted octanol–water partition coefficient (Wildman–Crippen LogP) is 1.02. The van der Waals surface area contributed by atoms with Crippen LogP contribution in [0.3, 0.4) is 0 Å². The van der Waals surface area contributed by atoms with E-state index >= 15 is 0 Å². The Morgan fingerprint density at radius 2 is 1.86 bits per heavy atom. The van der Waals surface area contributed by atoms with Crippen molar-refractivity contribution in [3.63, 3.8) is 0 Å². The van der Waals surface area contributed by atoms with Gasteiger partial charge in [-0.2, -0.15) is 0 Å². The van der Waals surface area contributed by atoms with Crippen molar-refractivity contribution in [3.05, 3.63) is 35.6 Å². The quantitative estimate of drug-likeness (QED) is 0.821. The number of halogens is 1. The van der Waals surface area contributed by atoms with Crippen LogP contribution in [0.4, 0.5) is 4.39 Å². The second-order valence-corrected chi connectivity index (χ2v) is 5.14. The number of carboxylic acids is 1. The van der Waals surface area contributed by atoms with Crippen molar-refractivity contribution < 1.29 is 23.9 Å². The van der Waals surface area contributed by atoms with Gasteiger partial charge < -0.3 is 15.3 Å². The fourth-order valence-corrected chi connectivity index (χ4v) is 2.13. The van der Waals surface area contributed by atoms with Gasteiger partial charge in [-0.25, -0.2) is 4.39 Å². The molecule has 0 radical (unpaired) electrons. The molecule has 1 aromatic carbocycles. The summed E-state index contributed by atoms with van der Waals surface area (Å²) in [6.45, 7) is 1.24. The van der Waals surface area contributed by atoms with Gasteiger partial charge in [0.15, 0.2) is 0 Å². The molecular formula is C15H17FN2O4. The molecule has 6 nitrogen and oxygen atoms in total. The highest BCUT2D eigenvalue weighted by molar-refractivity contribution is 5.97. The minimum Gasteiger partial charge on any atom is -0.481 e. The van der Waals surface area contributed by atoms with Crippen LogP contribution in [-0.2, 0) is 9.59 Å². The topological polar surface area (TPSA) is 86.7 Å². The maximum atomic E-state index is 12.9. The number of carbonyl (C=O) groups excluding carboxylic acids is 2. The Morgan fingerprint density at radius 3 is 2.36 bits per heavy atom. The number of likely N-dealkylation sites (tertiary alicyclic amines) is 1. The SMILES string of the molecule is O=C(O)CC[C@H](NC(=O)c1ccc(F)cc1)C(=O)N1CCC1. The Labute approximate surface area is 126 Å². The first-order valence-corrected chi connectivity index (χ1v) is 7.04. The average Bonchev–Trinajstić information content (AvgIpc) is 2.41. The van der Waals surface area contributed by atoms with Crippen LogP contribution in [0.2, 0.25) is 0 Å². The average molecular weight is 308 g/mol. The molecule has 1 aromatic rings. The van der Waals surface area contributed by atoms with Crippen molar-refractivity contribution >= 4 is 17.8 Å². The van der Waals surface area contributed by atoms with E-state index in [1.807, 2.05) is 0 Å². The smallest absolute Gasteiger partial charge is 0.303 e. The Kier molecular flexibility index (Phi) is 5.08. The van der Waals surface area contributed by atoms with Gasteiger partial charge in [-0.15, -0.1) is 0 Å². The van der Waals surface area contributed by atoms with Crippen molar-refractivity contribution in [3.8, 4) is 0 Å². The fourth-order valence-electron chi connectivity index (χ4n) is 2.13. The molecular weight excluding hydrogens is 291 g/mol. The van der Waals surface area contributed by atoms with Crippen molar-refractivity contribution in [1.29, 1.82) is 0 Å². The molecule has 1 aliphatic rings. The third-order valence-electron chi connectivity index (χ3n) is 3.52. The molecule has 0 aromatic heterocycles. The molecule has 7 heteroatoms. The zero-order chi connectivity index (χ0) is 16.1. The summed E-state index contributed by atoms with van der Waals surface area (Å²) in [5.74, 6) is -2.29. The number of nitrogens with zero attached hydrogens (tertiary/aromatic N) is 1. The maximum Gasteiger partial charge on any atom is 0.303 e. The molecule has 1 saturated heterocycles. The van der Waals surface area contributed by atoms with Gasteiger partial charge in [-0.1, -0.05) is 0 Å². The summed E-state index contributed by atoms with van der Waals surface area (Å²) >= 11 is 0. The number of carboxylic acid groups (broad SMARTS) is 1. The molecule has 0 aliphatic carbocycles. The minimum absolute atomic E-state index is 0.0254. The number of amides is 2. The normalized spacial score (nSPS) is 14.9. The van der Waals surface area contributed by atoms with Crippen molar-refractivity contribution in [2.75, 3.05) is 13.1 Å². The van der Waals surface area contributed by atoms with Crippen LogP contribution in [0.5, 0.6) is 0 Å². The molecule has 2 amide bonds. The zero-order valence-corrected chi connectivity index (χ0v) is 11.9. The molecule has 0 bridgehead atoms. The molecule has 1 atom stereocenters. The van der Waals surface area contributed by atoms with Crippen LogP contribution in [0.25, 0.3) is 0 Å². The highest BCUT2D eigenvalue weighted by Crippen LogP contribution is 2.12. The number of benzene rings is 1. The standard InChI is InChI=1S/C15H17FN2O4/c16-11-4-2-10(3-5-11)14(21)17-12(6-7-13(19)20)15(22)18-8-1-9-18/h2-5,12H,1,6-9H2,(H,17,21)(H,19,20)/t12-/m0/s1. The molecule has 2 rings (SSSR count). The van der Waals surface area contributed by atoms with Gasteiger partial charge in [-0.05, 0) is 37.1 Å². The van der Waals surface area contributed by atoms with E-state index < -0.39 is 23.7 Å². The summed E-state index contributed by atoms with van der Waals surface area (Å²) in [5, 5.41) is 11.3. The summed E-state index contributed by atoms with van der Waals surface area (Å²) in [6, 6.07) is 4.05. The molecule has 1 aliphatic heterocycles. The van der Waals surface area contributed by atoms with E-state index in [1.54, 1.807) is 4.90 Å². The molecule has 1 fully saturated rings. The molecule has 2 N–H and O–H groups in total. The van der Waals surface area contributed by atoms with E-state index in [2.05, 4.69) is 5.32 Å². The number of rotatable bonds is 6. The summed E-state index contributed by atoms with van der Waals surface area (Å²) in [6.07, 6.45) is 0.717. The first-order chi connectivity index (χ1) is 10.5. The van der Waals surface area contributed by atoms with E-state index in [9.17, 15) is 18.8 Å². The Hall–Kier alpha value is -2.44. The molecule has 0 saturated carbocycles. The summed E-state index contributed by atoms with van der Waals surface area (Å²) in [4.78, 5) is 36.6. The second kappa shape index (κ2) is 7.02. The van der Waals surface area contributed by atoms with E-state index in [-0.39, 0.29) is 24.3 Å². The first-order valence-electron chi connectivity index (χ1n) is 7.04. The maximum absolute atomic E-state index is 12.9. The highest BCUT2D eigenvalue weighted by Gasteiger charge is 2.29. The van der Waals surface area contributed by atoms with Gasteiger partial charge in [0.1, 0.15) is 11.9 Å². The minimum atomic E-state index is -1.03. The molecule has 118 valence electrons. The van der Waals surface area contributed by atoms with Gasteiger partial charge in [0.25, 0.3) is 5.91 Å². The zero-order valence-electron chi connectivity index (χ0n) is 11.9. The van der Waals surface area contributed by atoms with Gasteiger partial charge in [-0.3, -0.25) is 14.4 Å². The second-order valence-electron chi connectivity index (χ2n) is 5.14. The van der Waals surface area contributed by atoms with Gasteiger partial charge in [0, 0.05) is 25.1 Å².